The molecule has 80 valence electrons. The van der Waals surface area contributed by atoms with E-state index >= 15 is 0 Å². The fourth-order valence-corrected chi connectivity index (χ4v) is 1.25. The Morgan fingerprint density at radius 2 is 1.75 bits per heavy atom. The molecule has 0 spiro atoms. The number of aliphatic imine (C=N–C) groups is 2. The maximum absolute atomic E-state index is 10.1. The summed E-state index contributed by atoms with van der Waals surface area (Å²) in [6, 6.07) is 9.41. The molecule has 1 aromatic carbocycles. The molecule has 0 aromatic heterocycles. The van der Waals surface area contributed by atoms with Crippen molar-refractivity contribution in [1.82, 2.24) is 0 Å². The number of hydrogen-bond donors (Lipinski definition) is 0. The smallest absolute Gasteiger partial charge is 0.211 e. The third-order valence-electron chi connectivity index (χ3n) is 2.01. The van der Waals surface area contributed by atoms with Crippen molar-refractivity contribution < 1.29 is 9.59 Å². The van der Waals surface area contributed by atoms with E-state index in [-0.39, 0.29) is 0 Å². The molecule has 0 saturated carbocycles. The number of rotatable bonds is 5. The van der Waals surface area contributed by atoms with Crippen molar-refractivity contribution in [3.05, 3.63) is 42.5 Å². The molecule has 0 N–H and O–H groups in total. The minimum Gasteiger partial charge on any atom is -0.211 e. The maximum atomic E-state index is 10.1. The molecule has 0 aliphatic rings. The quantitative estimate of drug-likeness (QED) is 0.556. The van der Waals surface area contributed by atoms with E-state index in [1.807, 2.05) is 30.3 Å². The zero-order valence-electron chi connectivity index (χ0n) is 8.59. The van der Waals surface area contributed by atoms with Crippen LogP contribution in [0, 0.1) is 0 Å². The summed E-state index contributed by atoms with van der Waals surface area (Å²) in [6.07, 6.45) is 2.27. The van der Waals surface area contributed by atoms with Gasteiger partial charge in [0.2, 0.25) is 12.2 Å². The van der Waals surface area contributed by atoms with E-state index in [4.69, 9.17) is 0 Å². The van der Waals surface area contributed by atoms with Crippen molar-refractivity contribution in [2.45, 2.75) is 12.6 Å². The van der Waals surface area contributed by atoms with Gasteiger partial charge in [-0.25, -0.2) is 9.59 Å². The summed E-state index contributed by atoms with van der Waals surface area (Å²) in [5.74, 6) is 0. The van der Waals surface area contributed by atoms with Gasteiger partial charge in [0.1, 0.15) is 0 Å². The van der Waals surface area contributed by atoms with Gasteiger partial charge >= 0.3 is 0 Å². The van der Waals surface area contributed by atoms with Crippen LogP contribution >= 0.6 is 0 Å². The Labute approximate surface area is 93.0 Å². The molecular formula is C12H10N2O2. The van der Waals surface area contributed by atoms with E-state index in [2.05, 4.69) is 16.6 Å². The van der Waals surface area contributed by atoms with Crippen LogP contribution in [0.3, 0.4) is 0 Å². The average Bonchev–Trinajstić information content (AvgIpc) is 2.31. The first-order valence-corrected chi connectivity index (χ1v) is 4.65. The summed E-state index contributed by atoms with van der Waals surface area (Å²) in [4.78, 5) is 27.0. The zero-order chi connectivity index (χ0) is 11.8. The minimum atomic E-state index is -0.775. The molecule has 1 aromatic rings. The largest absolute Gasteiger partial charge is 0.237 e. The van der Waals surface area contributed by atoms with Gasteiger partial charge in [-0.15, -0.1) is 0 Å². The molecule has 0 bridgehead atoms. The maximum Gasteiger partial charge on any atom is 0.237 e. The van der Waals surface area contributed by atoms with Gasteiger partial charge in [-0.2, -0.15) is 9.98 Å². The lowest BCUT2D eigenvalue weighted by Crippen LogP contribution is -2.01. The van der Waals surface area contributed by atoms with Crippen molar-refractivity contribution in [2.24, 2.45) is 9.98 Å². The van der Waals surface area contributed by atoms with Crippen LogP contribution in [0.15, 0.2) is 46.9 Å². The van der Waals surface area contributed by atoms with Crippen LogP contribution in [0.2, 0.25) is 0 Å². The number of carbonyl (C=O) groups excluding carboxylic acids is 2. The van der Waals surface area contributed by atoms with Crippen molar-refractivity contribution in [2.75, 3.05) is 0 Å². The molecule has 16 heavy (non-hydrogen) atoms. The van der Waals surface area contributed by atoms with Gasteiger partial charge in [-0.05, 0) is 11.1 Å². The molecule has 0 radical (unpaired) electrons. The highest BCUT2D eigenvalue weighted by molar-refractivity contribution is 5.63. The third kappa shape index (κ3) is 3.46. The predicted molar refractivity (Wildman–Crippen MR) is 60.1 cm³/mol. The Kier molecular flexibility index (Phi) is 4.61. The Balaban J connectivity index is 2.76. The molecular weight excluding hydrogens is 204 g/mol. The topological polar surface area (TPSA) is 58.9 Å². The monoisotopic (exact) mass is 214 g/mol. The van der Waals surface area contributed by atoms with E-state index in [0.717, 1.165) is 11.1 Å². The predicted octanol–water partition coefficient (Wildman–Crippen LogP) is 2.09. The molecule has 0 unspecified atom stereocenters. The molecule has 0 heterocycles. The van der Waals surface area contributed by atoms with E-state index < -0.39 is 6.17 Å². The van der Waals surface area contributed by atoms with Crippen LogP contribution in [0.4, 0.5) is 0 Å². The van der Waals surface area contributed by atoms with Gasteiger partial charge in [0.25, 0.3) is 0 Å². The van der Waals surface area contributed by atoms with E-state index in [1.54, 1.807) is 0 Å². The minimum absolute atomic E-state index is 0.300. The zero-order valence-corrected chi connectivity index (χ0v) is 8.59. The highest BCUT2D eigenvalue weighted by Gasteiger charge is 2.08. The first-order valence-electron chi connectivity index (χ1n) is 4.65. The number of isocyanates is 2. The van der Waals surface area contributed by atoms with Gasteiger partial charge in [0.15, 0.2) is 6.17 Å². The lowest BCUT2D eigenvalue weighted by Gasteiger charge is -2.07. The number of benzene rings is 1. The van der Waals surface area contributed by atoms with Crippen LogP contribution in [-0.4, -0.2) is 18.3 Å². The van der Waals surface area contributed by atoms with Crippen molar-refractivity contribution >= 4 is 17.7 Å². The number of nitrogens with zero attached hydrogens (tertiary/aromatic N) is 2. The second-order valence-corrected chi connectivity index (χ2v) is 3.10. The van der Waals surface area contributed by atoms with E-state index in [1.165, 1.54) is 12.2 Å². The van der Waals surface area contributed by atoms with Gasteiger partial charge < -0.3 is 0 Å². The van der Waals surface area contributed by atoms with Crippen LogP contribution in [-0.2, 0) is 9.59 Å². The highest BCUT2D eigenvalue weighted by Crippen LogP contribution is 2.18. The summed E-state index contributed by atoms with van der Waals surface area (Å²) in [5, 5.41) is 0. The molecule has 0 aliphatic carbocycles. The van der Waals surface area contributed by atoms with E-state index in [0.29, 0.717) is 6.42 Å². The first kappa shape index (κ1) is 11.8. The summed E-state index contributed by atoms with van der Waals surface area (Å²) >= 11 is 0. The third-order valence-corrected chi connectivity index (χ3v) is 2.01. The van der Waals surface area contributed by atoms with Gasteiger partial charge in [-0.1, -0.05) is 36.9 Å². The van der Waals surface area contributed by atoms with Crippen molar-refractivity contribution in [1.29, 1.82) is 0 Å². The second-order valence-electron chi connectivity index (χ2n) is 3.10. The molecule has 0 saturated heterocycles. The summed E-state index contributed by atoms with van der Waals surface area (Å²) < 4.78 is 0. The average molecular weight is 214 g/mol. The molecule has 0 aliphatic heterocycles. The highest BCUT2D eigenvalue weighted by atomic mass is 16.1. The summed E-state index contributed by atoms with van der Waals surface area (Å²) in [6.45, 7) is 3.85. The Morgan fingerprint density at radius 3 is 2.25 bits per heavy atom. The van der Waals surface area contributed by atoms with Crippen LogP contribution in [0.1, 0.15) is 12.0 Å². The van der Waals surface area contributed by atoms with Crippen LogP contribution in [0.5, 0.6) is 0 Å². The van der Waals surface area contributed by atoms with E-state index in [9.17, 15) is 9.59 Å². The fourth-order valence-electron chi connectivity index (χ4n) is 1.25. The summed E-state index contributed by atoms with van der Waals surface area (Å²) in [5.41, 5.74) is 1.68. The Hall–Kier alpha value is -2.28. The SMILES string of the molecule is C=C(CC(N=C=O)N=C=O)c1ccccc1. The number of hydrogen-bond acceptors (Lipinski definition) is 4. The standard InChI is InChI=1S/C12H10N2O2/c1-10(11-5-3-2-4-6-11)7-12(13-8-15)14-9-16/h2-6,12H,1,7H2. The fraction of sp³-hybridized carbons (Fsp3) is 0.167. The second kappa shape index (κ2) is 6.25. The van der Waals surface area contributed by atoms with Crippen LogP contribution < -0.4 is 0 Å². The summed E-state index contributed by atoms with van der Waals surface area (Å²) in [7, 11) is 0. The normalized spacial score (nSPS) is 10.8. The van der Waals surface area contributed by atoms with Crippen molar-refractivity contribution in [3.8, 4) is 0 Å². The molecule has 0 atom stereocenters. The molecule has 4 nitrogen and oxygen atoms in total. The molecule has 4 heteroatoms. The van der Waals surface area contributed by atoms with Gasteiger partial charge in [0, 0.05) is 6.42 Å². The van der Waals surface area contributed by atoms with Gasteiger partial charge in [0.05, 0.1) is 0 Å². The van der Waals surface area contributed by atoms with Crippen LogP contribution in [0.25, 0.3) is 5.57 Å². The molecule has 1 rings (SSSR count). The first-order chi connectivity index (χ1) is 7.77. The van der Waals surface area contributed by atoms with Gasteiger partial charge in [-0.3, -0.25) is 0 Å². The molecule has 0 amide bonds. The Morgan fingerprint density at radius 1 is 1.19 bits per heavy atom. The Bertz CT molecular complexity index is 437. The lowest BCUT2D eigenvalue weighted by molar-refractivity contribution is 0.550. The van der Waals surface area contributed by atoms with Crippen molar-refractivity contribution in [3.63, 3.8) is 0 Å². The molecule has 0 fully saturated rings. The lowest BCUT2D eigenvalue weighted by atomic mass is 10.0.